The molecule has 1 aromatic carbocycles. The summed E-state index contributed by atoms with van der Waals surface area (Å²) in [5, 5.41) is 5.38. The predicted octanol–water partition coefficient (Wildman–Crippen LogP) is 2.69. The summed E-state index contributed by atoms with van der Waals surface area (Å²) in [5.74, 6) is 0.508. The number of aromatic nitrogens is 1. The summed E-state index contributed by atoms with van der Waals surface area (Å²) in [5.41, 5.74) is 4.47. The Hall–Kier alpha value is -1.19. The lowest BCUT2D eigenvalue weighted by Gasteiger charge is -2.15. The van der Waals surface area contributed by atoms with E-state index in [1.165, 1.54) is 11.3 Å². The van der Waals surface area contributed by atoms with Crippen molar-refractivity contribution >= 4 is 11.3 Å². The molecule has 0 radical (unpaired) electrons. The van der Waals surface area contributed by atoms with E-state index in [0.29, 0.717) is 5.92 Å². The highest BCUT2D eigenvalue weighted by atomic mass is 32.1. The van der Waals surface area contributed by atoms with Crippen molar-refractivity contribution in [3.05, 3.63) is 52.5 Å². The van der Waals surface area contributed by atoms with Gasteiger partial charge in [-0.3, -0.25) is 0 Å². The zero-order valence-corrected chi connectivity index (χ0v) is 10.2. The molecule has 0 saturated heterocycles. The Bertz CT molecular complexity index is 397. The predicted molar refractivity (Wildman–Crippen MR) is 68.9 cm³/mol. The molecule has 2 rings (SSSR count). The largest absolute Gasteiger partial charge is 0.319 e. The second-order valence-corrected chi connectivity index (χ2v) is 4.57. The number of nitrogens with zero attached hydrogens (tertiary/aromatic N) is 1. The first-order valence-corrected chi connectivity index (χ1v) is 6.41. The fraction of sp³-hybridized carbons (Fsp3) is 0.308. The molecule has 2 aromatic rings. The number of rotatable bonds is 5. The molecule has 0 bridgehead atoms. The van der Waals surface area contributed by atoms with Crippen LogP contribution >= 0.6 is 11.3 Å². The van der Waals surface area contributed by atoms with Crippen LogP contribution in [0.2, 0.25) is 0 Å². The summed E-state index contributed by atoms with van der Waals surface area (Å²) >= 11 is 1.66. The summed E-state index contributed by atoms with van der Waals surface area (Å²) in [6, 6.07) is 10.6. The second-order valence-electron chi connectivity index (χ2n) is 3.85. The van der Waals surface area contributed by atoms with Gasteiger partial charge < -0.3 is 5.32 Å². The molecule has 1 unspecified atom stereocenters. The van der Waals surface area contributed by atoms with E-state index < -0.39 is 0 Å². The number of benzene rings is 1. The summed E-state index contributed by atoms with van der Waals surface area (Å²) in [7, 11) is 2.00. The Balaban J connectivity index is 2.11. The molecule has 0 amide bonds. The minimum Gasteiger partial charge on any atom is -0.319 e. The zero-order valence-electron chi connectivity index (χ0n) is 9.39. The molecule has 2 nitrogen and oxygen atoms in total. The minimum absolute atomic E-state index is 0.508. The molecular weight excluding hydrogens is 216 g/mol. The maximum atomic E-state index is 4.35. The normalized spacial score (nSPS) is 12.6. The van der Waals surface area contributed by atoms with Gasteiger partial charge in [0.2, 0.25) is 0 Å². The third-order valence-electron chi connectivity index (χ3n) is 2.66. The van der Waals surface area contributed by atoms with Crippen LogP contribution in [0.15, 0.2) is 41.2 Å². The number of likely N-dealkylation sites (N-methyl/N-ethyl adjacent to an activating group) is 1. The van der Waals surface area contributed by atoms with Gasteiger partial charge in [-0.15, -0.1) is 11.3 Å². The SMILES string of the molecule is CNCC(Cc1cscn1)c1ccccc1. The number of hydrogen-bond acceptors (Lipinski definition) is 3. The fourth-order valence-electron chi connectivity index (χ4n) is 1.87. The molecule has 1 atom stereocenters. The molecule has 1 N–H and O–H groups in total. The summed E-state index contributed by atoms with van der Waals surface area (Å²) in [6.45, 7) is 0.988. The molecule has 0 fully saturated rings. The zero-order chi connectivity index (χ0) is 11.2. The first-order chi connectivity index (χ1) is 7.90. The molecule has 0 aliphatic rings. The van der Waals surface area contributed by atoms with Gasteiger partial charge in [0.1, 0.15) is 0 Å². The van der Waals surface area contributed by atoms with Crippen molar-refractivity contribution < 1.29 is 0 Å². The van der Waals surface area contributed by atoms with Crippen LogP contribution in [0.3, 0.4) is 0 Å². The topological polar surface area (TPSA) is 24.9 Å². The van der Waals surface area contributed by atoms with Crippen molar-refractivity contribution in [1.29, 1.82) is 0 Å². The van der Waals surface area contributed by atoms with E-state index in [1.807, 2.05) is 12.6 Å². The molecule has 0 aliphatic carbocycles. The third kappa shape index (κ3) is 2.90. The first-order valence-electron chi connectivity index (χ1n) is 5.46. The standard InChI is InChI=1S/C13H16N2S/c1-14-8-12(7-13-9-16-10-15-13)11-5-3-2-4-6-11/h2-6,9-10,12,14H,7-8H2,1H3. The van der Waals surface area contributed by atoms with Crippen LogP contribution in [0.25, 0.3) is 0 Å². The molecular formula is C13H16N2S. The first kappa shape index (κ1) is 11.3. The Morgan fingerprint density at radius 1 is 1.31 bits per heavy atom. The lowest BCUT2D eigenvalue weighted by atomic mass is 9.94. The number of nitrogens with one attached hydrogen (secondary N) is 1. The third-order valence-corrected chi connectivity index (χ3v) is 3.30. The molecule has 0 saturated carbocycles. The van der Waals surface area contributed by atoms with Gasteiger partial charge in [-0.05, 0) is 19.0 Å². The highest BCUT2D eigenvalue weighted by molar-refractivity contribution is 7.07. The van der Waals surface area contributed by atoms with Crippen LogP contribution in [0.4, 0.5) is 0 Å². The van der Waals surface area contributed by atoms with E-state index in [1.54, 1.807) is 11.3 Å². The number of hydrogen-bond donors (Lipinski definition) is 1. The Labute approximate surface area is 100 Å². The summed E-state index contributed by atoms with van der Waals surface area (Å²) in [6.07, 6.45) is 1.01. The van der Waals surface area contributed by atoms with Gasteiger partial charge in [0.15, 0.2) is 0 Å². The maximum Gasteiger partial charge on any atom is 0.0794 e. The minimum atomic E-state index is 0.508. The molecule has 3 heteroatoms. The Morgan fingerprint density at radius 2 is 2.12 bits per heavy atom. The van der Waals surface area contributed by atoms with Crippen LogP contribution < -0.4 is 5.32 Å². The Kier molecular flexibility index (Phi) is 4.08. The molecule has 1 heterocycles. The van der Waals surface area contributed by atoms with E-state index in [2.05, 4.69) is 46.0 Å². The highest BCUT2D eigenvalue weighted by Gasteiger charge is 2.12. The molecule has 0 aliphatic heterocycles. The van der Waals surface area contributed by atoms with Gasteiger partial charge in [-0.2, -0.15) is 0 Å². The van der Waals surface area contributed by atoms with Gasteiger partial charge in [0, 0.05) is 17.8 Å². The number of thiazole rings is 1. The van der Waals surface area contributed by atoms with Gasteiger partial charge in [-0.1, -0.05) is 30.3 Å². The van der Waals surface area contributed by atoms with E-state index in [9.17, 15) is 0 Å². The second kappa shape index (κ2) is 5.77. The molecule has 16 heavy (non-hydrogen) atoms. The molecule has 0 spiro atoms. The smallest absolute Gasteiger partial charge is 0.0794 e. The van der Waals surface area contributed by atoms with Crippen molar-refractivity contribution in [2.75, 3.05) is 13.6 Å². The lowest BCUT2D eigenvalue weighted by Crippen LogP contribution is -2.19. The van der Waals surface area contributed by atoms with Crippen molar-refractivity contribution in [1.82, 2.24) is 10.3 Å². The van der Waals surface area contributed by atoms with Crippen LogP contribution in [-0.2, 0) is 6.42 Å². The summed E-state index contributed by atoms with van der Waals surface area (Å²) in [4.78, 5) is 4.35. The highest BCUT2D eigenvalue weighted by Crippen LogP contribution is 2.20. The van der Waals surface area contributed by atoms with Crippen molar-refractivity contribution in [3.8, 4) is 0 Å². The lowest BCUT2D eigenvalue weighted by molar-refractivity contribution is 0.620. The van der Waals surface area contributed by atoms with Gasteiger partial charge in [0.05, 0.1) is 11.2 Å². The van der Waals surface area contributed by atoms with E-state index in [4.69, 9.17) is 0 Å². The van der Waals surface area contributed by atoms with Crippen molar-refractivity contribution in [2.45, 2.75) is 12.3 Å². The maximum absolute atomic E-state index is 4.35. The monoisotopic (exact) mass is 232 g/mol. The van der Waals surface area contributed by atoms with Crippen LogP contribution in [0.1, 0.15) is 17.2 Å². The van der Waals surface area contributed by atoms with Crippen LogP contribution in [0, 0.1) is 0 Å². The van der Waals surface area contributed by atoms with Crippen molar-refractivity contribution in [3.63, 3.8) is 0 Å². The van der Waals surface area contributed by atoms with E-state index in [-0.39, 0.29) is 0 Å². The van der Waals surface area contributed by atoms with Crippen LogP contribution in [0.5, 0.6) is 0 Å². The molecule has 1 aromatic heterocycles. The van der Waals surface area contributed by atoms with Gasteiger partial charge in [-0.25, -0.2) is 4.98 Å². The fourth-order valence-corrected chi connectivity index (χ4v) is 2.44. The van der Waals surface area contributed by atoms with Gasteiger partial charge in [0.25, 0.3) is 0 Å². The average molecular weight is 232 g/mol. The van der Waals surface area contributed by atoms with E-state index >= 15 is 0 Å². The summed E-state index contributed by atoms with van der Waals surface area (Å²) < 4.78 is 0. The molecule has 84 valence electrons. The average Bonchev–Trinajstić information content (AvgIpc) is 2.83. The van der Waals surface area contributed by atoms with Crippen molar-refractivity contribution in [2.24, 2.45) is 0 Å². The Morgan fingerprint density at radius 3 is 2.75 bits per heavy atom. The van der Waals surface area contributed by atoms with E-state index in [0.717, 1.165) is 13.0 Å². The quantitative estimate of drug-likeness (QED) is 0.857. The van der Waals surface area contributed by atoms with Gasteiger partial charge >= 0.3 is 0 Å². The van der Waals surface area contributed by atoms with Crippen LogP contribution in [-0.4, -0.2) is 18.6 Å².